The van der Waals surface area contributed by atoms with E-state index < -0.39 is 0 Å². The van der Waals surface area contributed by atoms with E-state index in [0.717, 1.165) is 24.2 Å². The van der Waals surface area contributed by atoms with Gasteiger partial charge in [-0.2, -0.15) is 4.98 Å². The van der Waals surface area contributed by atoms with Crippen LogP contribution in [-0.4, -0.2) is 16.2 Å². The van der Waals surface area contributed by atoms with Gasteiger partial charge in [-0.1, -0.05) is 31.8 Å². The van der Waals surface area contributed by atoms with Crippen LogP contribution in [0.25, 0.3) is 0 Å². The molecule has 2 rings (SSSR count). The van der Waals surface area contributed by atoms with Crippen LogP contribution >= 0.6 is 0 Å². The van der Waals surface area contributed by atoms with Crippen LogP contribution in [0.3, 0.4) is 0 Å². The van der Waals surface area contributed by atoms with Crippen LogP contribution in [0.5, 0.6) is 0 Å². The van der Waals surface area contributed by atoms with Gasteiger partial charge >= 0.3 is 0 Å². The summed E-state index contributed by atoms with van der Waals surface area (Å²) in [6.07, 6.45) is 6.63. The fraction of sp³-hybridized carbons (Fsp3) is 0.857. The molecule has 0 radical (unpaired) electrons. The van der Waals surface area contributed by atoms with E-state index in [0.29, 0.717) is 11.9 Å². The highest BCUT2D eigenvalue weighted by Gasteiger charge is 2.20. The largest absolute Gasteiger partial charge is 0.340 e. The number of aryl methyl sites for hydroxylation is 1. The van der Waals surface area contributed by atoms with Crippen LogP contribution < -0.4 is 5.32 Å². The Morgan fingerprint density at radius 1 is 1.28 bits per heavy atom. The maximum absolute atomic E-state index is 4.98. The molecule has 0 amide bonds. The molecule has 4 heteroatoms. The molecule has 1 heterocycles. The Morgan fingerprint density at radius 3 is 2.78 bits per heavy atom. The van der Waals surface area contributed by atoms with Crippen molar-refractivity contribution in [2.45, 2.75) is 65.5 Å². The van der Waals surface area contributed by atoms with E-state index in [2.05, 4.69) is 29.3 Å². The average Bonchev–Trinajstić information content (AvgIpc) is 2.62. The zero-order valence-electron chi connectivity index (χ0n) is 11.8. The van der Waals surface area contributed by atoms with Crippen molar-refractivity contribution < 1.29 is 4.52 Å². The molecule has 1 aromatic heterocycles. The van der Waals surface area contributed by atoms with Crippen LogP contribution in [0.4, 0.5) is 0 Å². The molecule has 0 saturated heterocycles. The molecule has 0 bridgehead atoms. The minimum Gasteiger partial charge on any atom is -0.340 e. The Balaban J connectivity index is 1.77. The minimum atomic E-state index is 0.618. The van der Waals surface area contributed by atoms with Gasteiger partial charge in [0.15, 0.2) is 5.82 Å². The van der Waals surface area contributed by atoms with Gasteiger partial charge in [-0.05, 0) is 31.1 Å². The molecular weight excluding hydrogens is 226 g/mol. The predicted octanol–water partition coefficient (Wildman–Crippen LogP) is 3.07. The standard InChI is InChI=1S/C14H25N3O/c1-10(2)12-5-4-6-13(8-7-12)15-9-14-16-11(3)18-17-14/h10,12-13,15H,4-9H2,1-3H3. The maximum atomic E-state index is 4.98. The lowest BCUT2D eigenvalue weighted by Gasteiger charge is -2.18. The Hall–Kier alpha value is -0.900. The summed E-state index contributed by atoms with van der Waals surface area (Å²) in [6.45, 7) is 7.25. The second-order valence-corrected chi connectivity index (χ2v) is 5.82. The van der Waals surface area contributed by atoms with Gasteiger partial charge in [-0.15, -0.1) is 0 Å². The third-order valence-corrected chi connectivity index (χ3v) is 4.07. The zero-order chi connectivity index (χ0) is 13.0. The van der Waals surface area contributed by atoms with Gasteiger partial charge in [-0.25, -0.2) is 0 Å². The molecule has 1 fully saturated rings. The normalized spacial score (nSPS) is 25.3. The Kier molecular flexibility index (Phi) is 4.75. The molecular formula is C14H25N3O. The van der Waals surface area contributed by atoms with Crippen molar-refractivity contribution in [2.75, 3.05) is 0 Å². The van der Waals surface area contributed by atoms with Crippen LogP contribution in [0.15, 0.2) is 4.52 Å². The van der Waals surface area contributed by atoms with Crippen molar-refractivity contribution in [1.29, 1.82) is 0 Å². The number of hydrogen-bond acceptors (Lipinski definition) is 4. The van der Waals surface area contributed by atoms with E-state index in [9.17, 15) is 0 Å². The number of nitrogens with one attached hydrogen (secondary N) is 1. The number of hydrogen-bond donors (Lipinski definition) is 1. The molecule has 2 unspecified atom stereocenters. The van der Waals surface area contributed by atoms with Crippen molar-refractivity contribution in [3.63, 3.8) is 0 Å². The van der Waals surface area contributed by atoms with Gasteiger partial charge in [-0.3, -0.25) is 0 Å². The fourth-order valence-corrected chi connectivity index (χ4v) is 2.85. The van der Waals surface area contributed by atoms with Gasteiger partial charge in [0.2, 0.25) is 5.89 Å². The van der Waals surface area contributed by atoms with Crippen LogP contribution in [0.1, 0.15) is 57.7 Å². The molecule has 1 aliphatic carbocycles. The van der Waals surface area contributed by atoms with Crippen LogP contribution in [0, 0.1) is 18.8 Å². The van der Waals surface area contributed by atoms with Crippen molar-refractivity contribution >= 4 is 0 Å². The smallest absolute Gasteiger partial charge is 0.223 e. The quantitative estimate of drug-likeness (QED) is 0.836. The van der Waals surface area contributed by atoms with Crippen LogP contribution in [0.2, 0.25) is 0 Å². The lowest BCUT2D eigenvalue weighted by atomic mass is 9.89. The van der Waals surface area contributed by atoms with Crippen LogP contribution in [-0.2, 0) is 6.54 Å². The first-order valence-corrected chi connectivity index (χ1v) is 7.17. The molecule has 18 heavy (non-hydrogen) atoms. The van der Waals surface area contributed by atoms with E-state index in [1.807, 2.05) is 6.92 Å². The second kappa shape index (κ2) is 6.32. The summed E-state index contributed by atoms with van der Waals surface area (Å²) >= 11 is 0. The molecule has 1 aliphatic rings. The van der Waals surface area contributed by atoms with Crippen molar-refractivity contribution in [3.8, 4) is 0 Å². The monoisotopic (exact) mass is 251 g/mol. The molecule has 0 aliphatic heterocycles. The summed E-state index contributed by atoms with van der Waals surface area (Å²) < 4.78 is 4.98. The minimum absolute atomic E-state index is 0.618. The SMILES string of the molecule is Cc1nc(CNC2CCCC(C(C)C)CC2)no1. The van der Waals surface area contributed by atoms with Crippen molar-refractivity contribution in [2.24, 2.45) is 11.8 Å². The second-order valence-electron chi connectivity index (χ2n) is 5.82. The number of nitrogens with zero attached hydrogens (tertiary/aromatic N) is 2. The fourth-order valence-electron chi connectivity index (χ4n) is 2.85. The molecule has 0 aromatic carbocycles. The third kappa shape index (κ3) is 3.80. The number of rotatable bonds is 4. The Morgan fingerprint density at radius 2 is 2.11 bits per heavy atom. The predicted molar refractivity (Wildman–Crippen MR) is 71.1 cm³/mol. The van der Waals surface area contributed by atoms with Gasteiger partial charge in [0.05, 0.1) is 6.54 Å². The number of aromatic nitrogens is 2. The topological polar surface area (TPSA) is 51.0 Å². The molecule has 0 spiro atoms. The third-order valence-electron chi connectivity index (χ3n) is 4.07. The summed E-state index contributed by atoms with van der Waals surface area (Å²) in [6, 6.07) is 0.618. The van der Waals surface area contributed by atoms with E-state index in [1.54, 1.807) is 0 Å². The van der Waals surface area contributed by atoms with E-state index in [4.69, 9.17) is 4.52 Å². The lowest BCUT2D eigenvalue weighted by Crippen LogP contribution is -2.28. The van der Waals surface area contributed by atoms with E-state index in [1.165, 1.54) is 32.1 Å². The molecule has 1 saturated carbocycles. The summed E-state index contributed by atoms with van der Waals surface area (Å²) in [7, 11) is 0. The highest BCUT2D eigenvalue weighted by Crippen LogP contribution is 2.28. The van der Waals surface area contributed by atoms with Crippen molar-refractivity contribution in [3.05, 3.63) is 11.7 Å². The maximum Gasteiger partial charge on any atom is 0.223 e. The van der Waals surface area contributed by atoms with Crippen molar-refractivity contribution in [1.82, 2.24) is 15.5 Å². The van der Waals surface area contributed by atoms with Gasteiger partial charge in [0, 0.05) is 13.0 Å². The molecule has 102 valence electrons. The Bertz CT molecular complexity index is 362. The molecule has 1 N–H and O–H groups in total. The molecule has 2 atom stereocenters. The summed E-state index contributed by atoms with van der Waals surface area (Å²) in [4.78, 5) is 4.22. The van der Waals surface area contributed by atoms with E-state index >= 15 is 0 Å². The highest BCUT2D eigenvalue weighted by atomic mass is 16.5. The first-order valence-electron chi connectivity index (χ1n) is 7.17. The molecule has 4 nitrogen and oxygen atoms in total. The van der Waals surface area contributed by atoms with Gasteiger partial charge in [0.1, 0.15) is 0 Å². The highest BCUT2D eigenvalue weighted by molar-refractivity contribution is 4.85. The van der Waals surface area contributed by atoms with E-state index in [-0.39, 0.29) is 0 Å². The summed E-state index contributed by atoms with van der Waals surface area (Å²) in [5.41, 5.74) is 0. The first kappa shape index (κ1) is 13.5. The summed E-state index contributed by atoms with van der Waals surface area (Å²) in [5.74, 6) is 3.15. The summed E-state index contributed by atoms with van der Waals surface area (Å²) in [5, 5.41) is 7.48. The average molecular weight is 251 g/mol. The molecule has 1 aromatic rings. The lowest BCUT2D eigenvalue weighted by molar-refractivity contribution is 0.337. The zero-order valence-corrected chi connectivity index (χ0v) is 11.8. The first-order chi connectivity index (χ1) is 8.65. The Labute approximate surface area is 110 Å². The van der Waals surface area contributed by atoms with Gasteiger partial charge in [0.25, 0.3) is 0 Å². The van der Waals surface area contributed by atoms with Gasteiger partial charge < -0.3 is 9.84 Å².